The Hall–Kier alpha value is -2.49. The number of rotatable bonds is 1. The zero-order valence-electron chi connectivity index (χ0n) is 9.84. The molecule has 2 aromatic heterocycles. The molecule has 1 N–H and O–H groups in total. The van der Waals surface area contributed by atoms with Gasteiger partial charge in [-0.15, -0.1) is 0 Å². The van der Waals surface area contributed by atoms with Gasteiger partial charge in [-0.05, 0) is 25.1 Å². The van der Waals surface area contributed by atoms with Crippen molar-refractivity contribution in [3.63, 3.8) is 0 Å². The van der Waals surface area contributed by atoms with Crippen LogP contribution in [0.4, 0.5) is 0 Å². The maximum atomic E-state index is 11.4. The molecule has 4 nitrogen and oxygen atoms in total. The number of aryl methyl sites for hydroxylation is 1. The lowest BCUT2D eigenvalue weighted by Gasteiger charge is -2.03. The highest BCUT2D eigenvalue weighted by atomic mass is 16.1. The van der Waals surface area contributed by atoms with E-state index in [4.69, 9.17) is 0 Å². The van der Waals surface area contributed by atoms with Gasteiger partial charge in [0.1, 0.15) is 5.82 Å². The van der Waals surface area contributed by atoms with E-state index in [1.54, 1.807) is 13.1 Å². The first-order chi connectivity index (χ1) is 8.72. The molecule has 0 bridgehead atoms. The number of nitrogens with zero attached hydrogens (tertiary/aromatic N) is 2. The molecule has 4 heteroatoms. The third-order valence-corrected chi connectivity index (χ3v) is 2.76. The minimum Gasteiger partial charge on any atom is -0.311 e. The molecule has 18 heavy (non-hydrogen) atoms. The summed E-state index contributed by atoms with van der Waals surface area (Å²) in [5.74, 6) is 0.615. The Labute approximate surface area is 103 Å². The zero-order valence-corrected chi connectivity index (χ0v) is 9.84. The number of fused-ring (bicyclic) bond motifs is 1. The summed E-state index contributed by atoms with van der Waals surface area (Å²) >= 11 is 0. The monoisotopic (exact) mass is 237 g/mol. The predicted octanol–water partition coefficient (Wildman–Crippen LogP) is 2.29. The summed E-state index contributed by atoms with van der Waals surface area (Å²) in [4.78, 5) is 22.7. The third kappa shape index (κ3) is 1.88. The van der Waals surface area contributed by atoms with Crippen molar-refractivity contribution >= 4 is 10.9 Å². The molecule has 0 atom stereocenters. The van der Waals surface area contributed by atoms with E-state index in [1.807, 2.05) is 30.3 Å². The normalized spacial score (nSPS) is 10.7. The first-order valence-corrected chi connectivity index (χ1v) is 5.65. The van der Waals surface area contributed by atoms with Gasteiger partial charge < -0.3 is 4.98 Å². The summed E-state index contributed by atoms with van der Waals surface area (Å²) in [6, 6.07) is 11.2. The van der Waals surface area contributed by atoms with Gasteiger partial charge in [-0.1, -0.05) is 12.1 Å². The molecule has 0 unspecified atom stereocenters. The first kappa shape index (κ1) is 10.7. The zero-order chi connectivity index (χ0) is 12.5. The molecule has 88 valence electrons. The average molecular weight is 237 g/mol. The van der Waals surface area contributed by atoms with Gasteiger partial charge in [0, 0.05) is 23.2 Å². The molecule has 0 radical (unpaired) electrons. The van der Waals surface area contributed by atoms with Crippen LogP contribution in [-0.2, 0) is 0 Å². The maximum Gasteiger partial charge on any atom is 0.251 e. The smallest absolute Gasteiger partial charge is 0.251 e. The molecule has 3 aromatic rings. The third-order valence-electron chi connectivity index (χ3n) is 2.76. The molecule has 0 saturated carbocycles. The Morgan fingerprint density at radius 2 is 2.06 bits per heavy atom. The van der Waals surface area contributed by atoms with Crippen molar-refractivity contribution in [2.45, 2.75) is 6.92 Å². The number of hydrogen-bond acceptors (Lipinski definition) is 3. The highest BCUT2D eigenvalue weighted by Crippen LogP contribution is 2.20. The van der Waals surface area contributed by atoms with E-state index in [2.05, 4.69) is 15.0 Å². The Kier molecular flexibility index (Phi) is 2.41. The SMILES string of the molecule is Cc1nc(-c2ccc3ncccc3c2)cc(=O)[nH]1. The van der Waals surface area contributed by atoms with E-state index in [-0.39, 0.29) is 5.56 Å². The molecule has 1 aromatic carbocycles. The Morgan fingerprint density at radius 3 is 2.89 bits per heavy atom. The predicted molar refractivity (Wildman–Crippen MR) is 70.3 cm³/mol. The minimum absolute atomic E-state index is 0.135. The number of aromatic amines is 1. The number of aromatic nitrogens is 3. The molecule has 0 aliphatic heterocycles. The largest absolute Gasteiger partial charge is 0.311 e. The van der Waals surface area contributed by atoms with E-state index in [1.165, 1.54) is 6.07 Å². The van der Waals surface area contributed by atoms with Crippen LogP contribution in [0.3, 0.4) is 0 Å². The summed E-state index contributed by atoms with van der Waals surface area (Å²) in [5.41, 5.74) is 2.40. The minimum atomic E-state index is -0.135. The van der Waals surface area contributed by atoms with E-state index in [9.17, 15) is 4.79 Å². The quantitative estimate of drug-likeness (QED) is 0.706. The summed E-state index contributed by atoms with van der Waals surface area (Å²) < 4.78 is 0. The van der Waals surface area contributed by atoms with Crippen LogP contribution in [0.5, 0.6) is 0 Å². The summed E-state index contributed by atoms with van der Waals surface area (Å²) in [6.07, 6.45) is 1.76. The Morgan fingerprint density at radius 1 is 1.17 bits per heavy atom. The van der Waals surface area contributed by atoms with Gasteiger partial charge in [0.2, 0.25) is 0 Å². The number of nitrogens with one attached hydrogen (secondary N) is 1. The van der Waals surface area contributed by atoms with Gasteiger partial charge in [-0.25, -0.2) is 4.98 Å². The van der Waals surface area contributed by atoms with Crippen molar-refractivity contribution in [3.05, 3.63) is 58.8 Å². The van der Waals surface area contributed by atoms with Crippen molar-refractivity contribution < 1.29 is 0 Å². The lowest BCUT2D eigenvalue weighted by molar-refractivity contribution is 1.02. The fourth-order valence-electron chi connectivity index (χ4n) is 1.96. The van der Waals surface area contributed by atoms with Crippen LogP contribution in [0.2, 0.25) is 0 Å². The number of H-pyrrole nitrogens is 1. The van der Waals surface area contributed by atoms with Crippen molar-refractivity contribution in [2.75, 3.05) is 0 Å². The lowest BCUT2D eigenvalue weighted by atomic mass is 10.1. The second-order valence-electron chi connectivity index (χ2n) is 4.13. The number of hydrogen-bond donors (Lipinski definition) is 1. The number of benzene rings is 1. The van der Waals surface area contributed by atoms with Crippen molar-refractivity contribution in [1.29, 1.82) is 0 Å². The molecular weight excluding hydrogens is 226 g/mol. The Bertz CT molecular complexity index is 777. The summed E-state index contributed by atoms with van der Waals surface area (Å²) in [7, 11) is 0. The van der Waals surface area contributed by atoms with E-state index < -0.39 is 0 Å². The van der Waals surface area contributed by atoms with Crippen LogP contribution in [-0.4, -0.2) is 15.0 Å². The van der Waals surface area contributed by atoms with E-state index in [0.717, 1.165) is 16.5 Å². The highest BCUT2D eigenvalue weighted by Gasteiger charge is 2.03. The van der Waals surface area contributed by atoms with Gasteiger partial charge in [-0.2, -0.15) is 0 Å². The van der Waals surface area contributed by atoms with Gasteiger partial charge >= 0.3 is 0 Å². The first-order valence-electron chi connectivity index (χ1n) is 5.65. The molecule has 0 aliphatic rings. The number of pyridine rings is 1. The van der Waals surface area contributed by atoms with Gasteiger partial charge in [-0.3, -0.25) is 9.78 Å². The highest BCUT2D eigenvalue weighted by molar-refractivity contribution is 5.83. The average Bonchev–Trinajstić information content (AvgIpc) is 2.37. The second kappa shape index (κ2) is 4.07. The molecular formula is C14H11N3O. The van der Waals surface area contributed by atoms with Gasteiger partial charge in [0.15, 0.2) is 0 Å². The van der Waals surface area contributed by atoms with Crippen molar-refractivity contribution in [1.82, 2.24) is 15.0 Å². The van der Waals surface area contributed by atoms with Crippen molar-refractivity contribution in [3.8, 4) is 11.3 Å². The standard InChI is InChI=1S/C14H11N3O/c1-9-16-13(8-14(18)17-9)11-4-5-12-10(7-11)3-2-6-15-12/h2-8H,1H3,(H,16,17,18). The van der Waals surface area contributed by atoms with Crippen LogP contribution in [0.1, 0.15) is 5.82 Å². The lowest BCUT2D eigenvalue weighted by Crippen LogP contribution is -2.08. The van der Waals surface area contributed by atoms with Gasteiger partial charge in [0.05, 0.1) is 11.2 Å². The molecule has 0 fully saturated rings. The van der Waals surface area contributed by atoms with Crippen LogP contribution in [0.15, 0.2) is 47.4 Å². The summed E-state index contributed by atoms with van der Waals surface area (Å²) in [6.45, 7) is 1.77. The molecule has 0 amide bonds. The molecule has 2 heterocycles. The molecule has 0 spiro atoms. The topological polar surface area (TPSA) is 58.6 Å². The fraction of sp³-hybridized carbons (Fsp3) is 0.0714. The van der Waals surface area contributed by atoms with Crippen LogP contribution in [0, 0.1) is 6.92 Å². The van der Waals surface area contributed by atoms with Crippen LogP contribution >= 0.6 is 0 Å². The van der Waals surface area contributed by atoms with E-state index >= 15 is 0 Å². The van der Waals surface area contributed by atoms with Crippen molar-refractivity contribution in [2.24, 2.45) is 0 Å². The molecule has 0 saturated heterocycles. The van der Waals surface area contributed by atoms with Gasteiger partial charge in [0.25, 0.3) is 5.56 Å². The van der Waals surface area contributed by atoms with E-state index in [0.29, 0.717) is 11.5 Å². The maximum absolute atomic E-state index is 11.4. The summed E-state index contributed by atoms with van der Waals surface area (Å²) in [5, 5.41) is 1.04. The molecule has 0 aliphatic carbocycles. The van der Waals surface area contributed by atoms with Crippen LogP contribution in [0.25, 0.3) is 22.2 Å². The Balaban J connectivity index is 2.22. The van der Waals surface area contributed by atoms with Crippen LogP contribution < -0.4 is 5.56 Å². The molecule has 3 rings (SSSR count). The second-order valence-corrected chi connectivity index (χ2v) is 4.13. The fourth-order valence-corrected chi connectivity index (χ4v) is 1.96.